The Morgan fingerprint density at radius 1 is 0.824 bits per heavy atom. The van der Waals surface area contributed by atoms with Gasteiger partial charge in [0.1, 0.15) is 0 Å². The number of benzene rings is 2. The highest BCUT2D eigenvalue weighted by Crippen LogP contribution is 2.42. The molecule has 2 aromatic rings. The second-order valence-electron chi connectivity index (χ2n) is 11.3. The summed E-state index contributed by atoms with van der Waals surface area (Å²) < 4.78 is 16.3. The van der Waals surface area contributed by atoms with Gasteiger partial charge in [0.05, 0.1) is 26.7 Å². The molecule has 1 fully saturated rings. The minimum atomic E-state index is -0.319. The van der Waals surface area contributed by atoms with E-state index in [-0.39, 0.29) is 40.1 Å². The number of ether oxygens (including phenoxy) is 3. The van der Waals surface area contributed by atoms with Crippen LogP contribution in [0.4, 0.5) is 0 Å². The van der Waals surface area contributed by atoms with Crippen molar-refractivity contribution in [3.8, 4) is 23.0 Å². The largest absolute Gasteiger partial charge is 0.504 e. The van der Waals surface area contributed by atoms with Crippen molar-refractivity contribution in [1.29, 1.82) is 0 Å². The van der Waals surface area contributed by atoms with Crippen LogP contribution in [0.2, 0.25) is 0 Å². The van der Waals surface area contributed by atoms with E-state index >= 15 is 0 Å². The maximum Gasteiger partial charge on any atom is 0.309 e. The van der Waals surface area contributed by atoms with Gasteiger partial charge in [-0.05, 0) is 46.9 Å². The fourth-order valence-electron chi connectivity index (χ4n) is 4.63. The molecular weight excluding hydrogens is 432 g/mol. The van der Waals surface area contributed by atoms with Crippen molar-refractivity contribution in [2.45, 2.75) is 65.2 Å². The van der Waals surface area contributed by atoms with E-state index < -0.39 is 0 Å². The molecule has 1 aliphatic heterocycles. The first-order valence-electron chi connectivity index (χ1n) is 11.7. The van der Waals surface area contributed by atoms with Gasteiger partial charge in [-0.25, -0.2) is 0 Å². The first-order chi connectivity index (χ1) is 15.8. The van der Waals surface area contributed by atoms with E-state index in [0.717, 1.165) is 22.3 Å². The lowest BCUT2D eigenvalue weighted by molar-refractivity contribution is -0.141. The molecule has 0 spiro atoms. The van der Waals surface area contributed by atoms with E-state index in [9.17, 15) is 15.0 Å². The Labute approximate surface area is 202 Å². The monoisotopic (exact) mass is 470 g/mol. The van der Waals surface area contributed by atoms with Crippen LogP contribution in [0.5, 0.6) is 23.0 Å². The molecule has 1 heterocycles. The number of phenolic OH excluding ortho intramolecular Hbond substituents is 2. The molecule has 2 atom stereocenters. The highest BCUT2D eigenvalue weighted by atomic mass is 16.5. The summed E-state index contributed by atoms with van der Waals surface area (Å²) in [6.07, 6.45) is 1.11. The molecule has 1 saturated heterocycles. The summed E-state index contributed by atoms with van der Waals surface area (Å²) in [7, 11) is 3.07. The van der Waals surface area contributed by atoms with Crippen molar-refractivity contribution in [2.75, 3.05) is 20.8 Å². The molecule has 2 N–H and O–H groups in total. The molecular formula is C28H38O6. The van der Waals surface area contributed by atoms with Crippen LogP contribution in [0.15, 0.2) is 24.3 Å². The third-order valence-corrected chi connectivity index (χ3v) is 6.59. The topological polar surface area (TPSA) is 85.2 Å². The summed E-state index contributed by atoms with van der Waals surface area (Å²) in [5.74, 6) is 0.574. The van der Waals surface area contributed by atoms with Crippen molar-refractivity contribution >= 4 is 5.97 Å². The fraction of sp³-hybridized carbons (Fsp3) is 0.536. The third-order valence-electron chi connectivity index (χ3n) is 6.59. The second kappa shape index (κ2) is 9.40. The van der Waals surface area contributed by atoms with Gasteiger partial charge in [0.25, 0.3) is 0 Å². The van der Waals surface area contributed by atoms with Crippen LogP contribution in [-0.2, 0) is 33.2 Å². The summed E-state index contributed by atoms with van der Waals surface area (Å²) in [5.41, 5.74) is 2.96. The first kappa shape index (κ1) is 25.7. The van der Waals surface area contributed by atoms with E-state index in [4.69, 9.17) is 14.2 Å². The number of esters is 1. The van der Waals surface area contributed by atoms with Crippen molar-refractivity contribution in [3.63, 3.8) is 0 Å². The van der Waals surface area contributed by atoms with Gasteiger partial charge in [0.15, 0.2) is 23.0 Å². The fourth-order valence-corrected chi connectivity index (χ4v) is 4.63. The average molecular weight is 471 g/mol. The van der Waals surface area contributed by atoms with E-state index in [1.54, 1.807) is 13.2 Å². The second-order valence-corrected chi connectivity index (χ2v) is 11.3. The van der Waals surface area contributed by atoms with Crippen molar-refractivity contribution in [3.05, 3.63) is 46.5 Å². The summed E-state index contributed by atoms with van der Waals surface area (Å²) in [5, 5.41) is 21.2. The molecule has 186 valence electrons. The number of rotatable bonds is 6. The molecule has 0 amide bonds. The smallest absolute Gasteiger partial charge is 0.309 e. The zero-order chi connectivity index (χ0) is 25.4. The van der Waals surface area contributed by atoms with Gasteiger partial charge in [-0.15, -0.1) is 0 Å². The lowest BCUT2D eigenvalue weighted by atomic mass is 9.80. The number of carbonyl (C=O) groups excluding carboxylic acids is 1. The molecule has 34 heavy (non-hydrogen) atoms. The zero-order valence-corrected chi connectivity index (χ0v) is 21.6. The number of phenols is 2. The molecule has 0 radical (unpaired) electrons. The van der Waals surface area contributed by atoms with Gasteiger partial charge in [0.2, 0.25) is 0 Å². The number of carbonyl (C=O) groups is 1. The SMILES string of the molecule is COc1cc(C[C@H]2COC(=O)[C@@H]2Cc2cc(OC)c(O)c(C(C)(C)C)c2)cc(C(C)(C)C)c1O. The van der Waals surface area contributed by atoms with E-state index in [0.29, 0.717) is 30.9 Å². The van der Waals surface area contributed by atoms with E-state index in [1.807, 2.05) is 59.7 Å². The van der Waals surface area contributed by atoms with Crippen LogP contribution in [0.25, 0.3) is 0 Å². The van der Waals surface area contributed by atoms with Crippen LogP contribution in [0, 0.1) is 11.8 Å². The maximum atomic E-state index is 12.7. The molecule has 0 aromatic heterocycles. The Bertz CT molecular complexity index is 1060. The molecule has 0 bridgehead atoms. The summed E-state index contributed by atoms with van der Waals surface area (Å²) in [6.45, 7) is 12.6. The molecule has 0 unspecified atom stereocenters. The van der Waals surface area contributed by atoms with Crippen LogP contribution in [0.1, 0.15) is 63.8 Å². The predicted molar refractivity (Wildman–Crippen MR) is 132 cm³/mol. The van der Waals surface area contributed by atoms with Gasteiger partial charge in [-0.1, -0.05) is 53.7 Å². The van der Waals surface area contributed by atoms with Crippen molar-refractivity contribution in [2.24, 2.45) is 11.8 Å². The number of aromatic hydroxyl groups is 2. The molecule has 0 saturated carbocycles. The van der Waals surface area contributed by atoms with Gasteiger partial charge in [-0.2, -0.15) is 0 Å². The van der Waals surface area contributed by atoms with Gasteiger partial charge >= 0.3 is 5.97 Å². The van der Waals surface area contributed by atoms with Gasteiger partial charge < -0.3 is 24.4 Å². The lowest BCUT2D eigenvalue weighted by Crippen LogP contribution is -2.22. The standard InChI is InChI=1S/C28H38O6/c1-27(2,3)20-11-16(13-22(32-7)24(20)29)9-18-15-34-26(31)19(18)10-17-12-21(28(4,5)6)25(30)23(14-17)33-8/h11-14,18-19,29-30H,9-10,15H2,1-8H3/t18-,19+/m0/s1. The highest BCUT2D eigenvalue weighted by Gasteiger charge is 2.38. The minimum Gasteiger partial charge on any atom is -0.504 e. The van der Waals surface area contributed by atoms with Crippen LogP contribution >= 0.6 is 0 Å². The number of hydrogen-bond acceptors (Lipinski definition) is 6. The highest BCUT2D eigenvalue weighted by molar-refractivity contribution is 5.75. The molecule has 2 aromatic carbocycles. The Balaban J connectivity index is 1.93. The summed E-state index contributed by atoms with van der Waals surface area (Å²) >= 11 is 0. The Morgan fingerprint density at radius 2 is 1.26 bits per heavy atom. The van der Waals surface area contributed by atoms with Crippen molar-refractivity contribution < 1.29 is 29.2 Å². The summed E-state index contributed by atoms with van der Waals surface area (Å²) in [4.78, 5) is 12.7. The Morgan fingerprint density at radius 3 is 1.68 bits per heavy atom. The minimum absolute atomic E-state index is 0.0209. The maximum absolute atomic E-state index is 12.7. The lowest BCUT2D eigenvalue weighted by Gasteiger charge is -2.25. The van der Waals surface area contributed by atoms with Crippen LogP contribution < -0.4 is 9.47 Å². The van der Waals surface area contributed by atoms with Gasteiger partial charge in [-0.3, -0.25) is 4.79 Å². The van der Waals surface area contributed by atoms with Crippen LogP contribution in [0.3, 0.4) is 0 Å². The van der Waals surface area contributed by atoms with Gasteiger partial charge in [0, 0.05) is 17.0 Å². The van der Waals surface area contributed by atoms with Crippen molar-refractivity contribution in [1.82, 2.24) is 0 Å². The zero-order valence-electron chi connectivity index (χ0n) is 21.6. The molecule has 3 rings (SSSR count). The number of hydrogen-bond donors (Lipinski definition) is 2. The molecule has 6 heteroatoms. The molecule has 0 aliphatic carbocycles. The quantitative estimate of drug-likeness (QED) is 0.559. The third kappa shape index (κ3) is 5.26. The van der Waals surface area contributed by atoms with Crippen LogP contribution in [-0.4, -0.2) is 37.0 Å². The predicted octanol–water partition coefficient (Wildman–Crippen LogP) is 5.28. The number of methoxy groups -OCH3 is 2. The molecule has 6 nitrogen and oxygen atoms in total. The molecule has 1 aliphatic rings. The Hall–Kier alpha value is -2.89. The normalized spacial score (nSPS) is 18.6. The first-order valence-corrected chi connectivity index (χ1v) is 11.7. The summed E-state index contributed by atoms with van der Waals surface area (Å²) in [6, 6.07) is 7.60. The Kier molecular flexibility index (Phi) is 7.11. The average Bonchev–Trinajstić information content (AvgIpc) is 3.07. The number of cyclic esters (lactones) is 1. The van der Waals surface area contributed by atoms with E-state index in [2.05, 4.69) is 0 Å². The van der Waals surface area contributed by atoms with E-state index in [1.165, 1.54) is 7.11 Å².